The molecule has 1 rings (SSSR count). The van der Waals surface area contributed by atoms with Crippen LogP contribution < -0.4 is 10.4 Å². The van der Waals surface area contributed by atoms with Gasteiger partial charge in [-0.25, -0.2) is 9.59 Å². The monoisotopic (exact) mass is 264 g/mol. The molecule has 19 heavy (non-hydrogen) atoms. The molecular formula is C13H16N2O4. The molecule has 0 unspecified atom stereocenters. The number of aryl methyl sites for hydroxylation is 1. The lowest BCUT2D eigenvalue weighted by atomic mass is 10.0. The van der Waals surface area contributed by atoms with Gasteiger partial charge < -0.3 is 14.8 Å². The molecule has 0 spiro atoms. The fourth-order valence-corrected chi connectivity index (χ4v) is 1.68. The first kappa shape index (κ1) is 14.7. The zero-order chi connectivity index (χ0) is 14.4. The maximum Gasteiger partial charge on any atom is 0.348 e. The van der Waals surface area contributed by atoms with E-state index in [-0.39, 0.29) is 12.5 Å². The lowest BCUT2D eigenvalue weighted by molar-refractivity contribution is -0.131. The van der Waals surface area contributed by atoms with Crippen LogP contribution in [0.3, 0.4) is 0 Å². The summed E-state index contributed by atoms with van der Waals surface area (Å²) in [7, 11) is 0. The van der Waals surface area contributed by atoms with E-state index in [0.717, 1.165) is 6.08 Å². The van der Waals surface area contributed by atoms with Gasteiger partial charge in [-0.05, 0) is 18.9 Å². The lowest BCUT2D eigenvalue weighted by Crippen LogP contribution is -2.16. The van der Waals surface area contributed by atoms with Crippen molar-refractivity contribution in [2.45, 2.75) is 20.3 Å². The molecule has 0 bridgehead atoms. The molecule has 0 aromatic carbocycles. The number of carbonyl (C=O) groups is 1. The van der Waals surface area contributed by atoms with Crippen LogP contribution >= 0.6 is 0 Å². The Morgan fingerprint density at radius 2 is 2.26 bits per heavy atom. The second-order valence-electron chi connectivity index (χ2n) is 3.81. The number of aliphatic carboxylic acids is 1. The highest BCUT2D eigenvalue weighted by Crippen LogP contribution is 2.27. The normalized spacial score (nSPS) is 11.2. The van der Waals surface area contributed by atoms with Crippen molar-refractivity contribution in [2.24, 2.45) is 0 Å². The van der Waals surface area contributed by atoms with Gasteiger partial charge in [0.05, 0.1) is 5.56 Å². The molecule has 0 saturated heterocycles. The molecule has 1 aromatic rings. The Hall–Kier alpha value is -2.37. The van der Waals surface area contributed by atoms with Gasteiger partial charge >= 0.3 is 11.7 Å². The Balaban J connectivity index is 3.41. The highest BCUT2D eigenvalue weighted by atomic mass is 16.5. The van der Waals surface area contributed by atoms with E-state index >= 15 is 0 Å². The number of aromatic amines is 1. The molecule has 0 aliphatic carbocycles. The van der Waals surface area contributed by atoms with Crippen molar-refractivity contribution in [1.82, 2.24) is 9.97 Å². The molecule has 0 radical (unpaired) electrons. The van der Waals surface area contributed by atoms with E-state index in [1.54, 1.807) is 6.92 Å². The number of carboxylic acid groups (broad SMARTS) is 1. The molecule has 0 amide bonds. The Kier molecular flexibility index (Phi) is 5.05. The Morgan fingerprint density at radius 3 is 2.79 bits per heavy atom. The van der Waals surface area contributed by atoms with Crippen molar-refractivity contribution in [3.8, 4) is 5.88 Å². The second kappa shape index (κ2) is 6.53. The fraction of sp³-hybridized carbons (Fsp3) is 0.308. The van der Waals surface area contributed by atoms with Crippen molar-refractivity contribution in [3.63, 3.8) is 0 Å². The summed E-state index contributed by atoms with van der Waals surface area (Å²) in [6.07, 6.45) is 3.09. The van der Waals surface area contributed by atoms with E-state index in [2.05, 4.69) is 16.5 Å². The minimum atomic E-state index is -1.06. The van der Waals surface area contributed by atoms with Crippen LogP contribution in [0, 0.1) is 6.92 Å². The quantitative estimate of drug-likeness (QED) is 0.600. The molecule has 102 valence electrons. The summed E-state index contributed by atoms with van der Waals surface area (Å²) in [5.41, 5.74) is 1.03. The van der Waals surface area contributed by atoms with E-state index < -0.39 is 11.7 Å². The molecule has 1 aromatic heterocycles. The van der Waals surface area contributed by atoms with Gasteiger partial charge in [-0.2, -0.15) is 4.98 Å². The van der Waals surface area contributed by atoms with Crippen molar-refractivity contribution in [2.75, 3.05) is 6.61 Å². The predicted octanol–water partition coefficient (Wildman–Crippen LogP) is 1.52. The molecule has 6 nitrogen and oxygen atoms in total. The van der Waals surface area contributed by atoms with Gasteiger partial charge in [-0.3, -0.25) is 0 Å². The van der Waals surface area contributed by atoms with Crippen LogP contribution in [0.2, 0.25) is 0 Å². The molecule has 2 N–H and O–H groups in total. The maximum atomic E-state index is 11.4. The molecule has 6 heteroatoms. The third-order valence-electron chi connectivity index (χ3n) is 2.42. The topological polar surface area (TPSA) is 92.3 Å². The Labute approximate surface area is 110 Å². The van der Waals surface area contributed by atoms with Crippen LogP contribution in [0.1, 0.15) is 24.6 Å². The van der Waals surface area contributed by atoms with E-state index in [0.29, 0.717) is 23.3 Å². The largest absolute Gasteiger partial charge is 0.478 e. The number of allylic oxidation sites excluding steroid dienone is 1. The van der Waals surface area contributed by atoms with Gasteiger partial charge in [0, 0.05) is 11.8 Å². The van der Waals surface area contributed by atoms with Crippen LogP contribution in [-0.2, 0) is 4.79 Å². The lowest BCUT2D eigenvalue weighted by Gasteiger charge is -2.12. The van der Waals surface area contributed by atoms with Gasteiger partial charge in [0.1, 0.15) is 6.61 Å². The predicted molar refractivity (Wildman–Crippen MR) is 71.2 cm³/mol. The minimum absolute atomic E-state index is 0.121. The van der Waals surface area contributed by atoms with E-state index in [1.807, 2.05) is 6.92 Å². The van der Waals surface area contributed by atoms with Crippen molar-refractivity contribution < 1.29 is 14.6 Å². The minimum Gasteiger partial charge on any atom is -0.478 e. The summed E-state index contributed by atoms with van der Waals surface area (Å²) in [6.45, 7) is 7.19. The number of hydrogen-bond acceptors (Lipinski definition) is 4. The number of aromatic nitrogens is 2. The third kappa shape index (κ3) is 3.80. The zero-order valence-electron chi connectivity index (χ0n) is 10.9. The number of carboxylic acids is 1. The molecule has 0 saturated carbocycles. The summed E-state index contributed by atoms with van der Waals surface area (Å²) in [6, 6.07) is 0. The van der Waals surface area contributed by atoms with Crippen LogP contribution in [-0.4, -0.2) is 27.7 Å². The van der Waals surface area contributed by atoms with E-state index in [1.165, 1.54) is 6.08 Å². The number of nitrogens with zero attached hydrogens (tertiary/aromatic N) is 1. The first-order valence-corrected chi connectivity index (χ1v) is 5.78. The van der Waals surface area contributed by atoms with Crippen LogP contribution in [0.5, 0.6) is 5.88 Å². The second-order valence-corrected chi connectivity index (χ2v) is 3.81. The highest BCUT2D eigenvalue weighted by Gasteiger charge is 2.15. The number of ether oxygens (including phenoxy) is 1. The average Bonchev–Trinajstić information content (AvgIpc) is 2.33. The van der Waals surface area contributed by atoms with E-state index in [9.17, 15) is 9.59 Å². The molecule has 0 fully saturated rings. The molecule has 0 aliphatic heterocycles. The molecular weight excluding hydrogens is 248 g/mol. The number of rotatable bonds is 6. The average molecular weight is 264 g/mol. The Bertz CT molecular complexity index is 572. The summed E-state index contributed by atoms with van der Waals surface area (Å²) in [5, 5.41) is 8.86. The van der Waals surface area contributed by atoms with Crippen molar-refractivity contribution >= 4 is 11.5 Å². The summed E-state index contributed by atoms with van der Waals surface area (Å²) in [5.74, 6) is -0.937. The maximum absolute atomic E-state index is 11.4. The first-order valence-electron chi connectivity index (χ1n) is 5.78. The van der Waals surface area contributed by atoms with E-state index in [4.69, 9.17) is 9.84 Å². The van der Waals surface area contributed by atoms with Gasteiger partial charge in [0.15, 0.2) is 0 Å². The van der Waals surface area contributed by atoms with Crippen LogP contribution in [0.4, 0.5) is 0 Å². The number of hydrogen-bond donors (Lipinski definition) is 2. The molecule has 0 aliphatic rings. The molecule has 1 heterocycles. The van der Waals surface area contributed by atoms with Crippen molar-refractivity contribution in [1.29, 1.82) is 0 Å². The summed E-state index contributed by atoms with van der Waals surface area (Å²) in [4.78, 5) is 28.4. The van der Waals surface area contributed by atoms with Gasteiger partial charge in [0.25, 0.3) is 0 Å². The molecule has 0 atom stereocenters. The van der Waals surface area contributed by atoms with Crippen molar-refractivity contribution in [3.05, 3.63) is 40.5 Å². The Morgan fingerprint density at radius 1 is 1.58 bits per heavy atom. The van der Waals surface area contributed by atoms with Gasteiger partial charge in [0.2, 0.25) is 5.88 Å². The highest BCUT2D eigenvalue weighted by molar-refractivity contribution is 5.91. The fourth-order valence-electron chi connectivity index (χ4n) is 1.68. The summed E-state index contributed by atoms with van der Waals surface area (Å²) >= 11 is 0. The SMILES string of the molecule is C=CCOc1nc(=O)[nH]c(C)c1/C(=C\C(=O)O)CC. The van der Waals surface area contributed by atoms with Gasteiger partial charge in [-0.15, -0.1) is 0 Å². The number of H-pyrrole nitrogens is 1. The van der Waals surface area contributed by atoms with Crippen LogP contribution in [0.25, 0.3) is 5.57 Å². The van der Waals surface area contributed by atoms with Crippen LogP contribution in [0.15, 0.2) is 23.5 Å². The third-order valence-corrected chi connectivity index (χ3v) is 2.42. The standard InChI is InChI=1S/C13H16N2O4/c1-4-6-19-12-11(8(3)14-13(18)15-12)9(5-2)7-10(16)17/h4,7H,1,5-6H2,2-3H3,(H,16,17)(H,14,15,18)/b9-7-. The number of nitrogens with one attached hydrogen (secondary N) is 1. The van der Waals surface area contributed by atoms with Gasteiger partial charge in [-0.1, -0.05) is 19.6 Å². The zero-order valence-corrected chi connectivity index (χ0v) is 10.9. The summed E-state index contributed by atoms with van der Waals surface area (Å²) < 4.78 is 5.33. The smallest absolute Gasteiger partial charge is 0.348 e. The first-order chi connectivity index (χ1) is 8.99.